The Bertz CT molecular complexity index is 1100. The van der Waals surface area contributed by atoms with Crippen molar-refractivity contribution in [3.63, 3.8) is 0 Å². The number of Topliss-reactive ketones (excluding diaryl/α,β-unsaturated/α-hetero) is 1. The van der Waals surface area contributed by atoms with Crippen molar-refractivity contribution in [1.29, 1.82) is 0 Å². The number of ketones is 1. The molecule has 4 aliphatic rings. The molecule has 0 spiro atoms. The highest BCUT2D eigenvalue weighted by Gasteiger charge is 2.48. The van der Waals surface area contributed by atoms with Crippen LogP contribution in [0.15, 0.2) is 42.5 Å². The number of carbonyl (C=O) groups is 1. The number of aromatic amines is 1. The van der Waals surface area contributed by atoms with E-state index in [2.05, 4.69) is 16.0 Å². The van der Waals surface area contributed by atoms with E-state index in [1.165, 1.54) is 32.1 Å². The molecule has 4 aliphatic carbocycles. The normalized spacial score (nSPS) is 29.0. The van der Waals surface area contributed by atoms with E-state index in [0.717, 1.165) is 58.1 Å². The SMILES string of the molecule is O=C(Cc1ccc2nc(Cc3ccccc3O)[nH]c2c1)CC1C2CC3CC(C2)CC1C3. The number of aromatic nitrogens is 2. The molecule has 0 unspecified atom stereocenters. The third kappa shape index (κ3) is 3.66. The number of phenols is 1. The number of phenolic OH excluding ortho intramolecular Hbond substituents is 1. The number of hydrogen-bond acceptors (Lipinski definition) is 3. The van der Waals surface area contributed by atoms with Crippen LogP contribution in [0.2, 0.25) is 0 Å². The smallest absolute Gasteiger partial charge is 0.137 e. The van der Waals surface area contributed by atoms with Gasteiger partial charge in [-0.15, -0.1) is 0 Å². The van der Waals surface area contributed by atoms with Crippen molar-refractivity contribution >= 4 is 16.8 Å². The molecule has 4 saturated carbocycles. The van der Waals surface area contributed by atoms with Crippen LogP contribution in [0.25, 0.3) is 11.0 Å². The Labute approximate surface area is 183 Å². The molecule has 31 heavy (non-hydrogen) atoms. The summed E-state index contributed by atoms with van der Waals surface area (Å²) in [4.78, 5) is 21.0. The fraction of sp³-hybridized carbons (Fsp3) is 0.481. The quantitative estimate of drug-likeness (QED) is 0.565. The van der Waals surface area contributed by atoms with E-state index >= 15 is 0 Å². The van der Waals surface area contributed by atoms with Crippen molar-refractivity contribution in [3.8, 4) is 5.75 Å². The predicted molar refractivity (Wildman–Crippen MR) is 121 cm³/mol. The molecule has 0 aliphatic heterocycles. The molecule has 0 amide bonds. The average Bonchev–Trinajstić information content (AvgIpc) is 3.13. The second-order valence-electron chi connectivity index (χ2n) is 10.4. The molecular formula is C27H30N2O2. The summed E-state index contributed by atoms with van der Waals surface area (Å²) in [6, 6.07) is 13.5. The number of nitrogens with zero attached hydrogens (tertiary/aromatic N) is 1. The number of benzene rings is 2. The number of carbonyl (C=O) groups excluding carboxylic acids is 1. The standard InChI is InChI=1S/C27H30N2O2/c30-22(15-23-20-8-17-7-18(10-20)11-21(23)9-17)12-16-5-6-24-25(13-16)29-27(28-24)14-19-3-1-2-4-26(19)31/h1-6,13,17-18,20-21,23,31H,7-12,14-15H2,(H,28,29). The second kappa shape index (κ2) is 7.51. The summed E-state index contributed by atoms with van der Waals surface area (Å²) in [7, 11) is 0. The van der Waals surface area contributed by atoms with E-state index in [0.29, 0.717) is 30.3 Å². The van der Waals surface area contributed by atoms with Gasteiger partial charge in [0.05, 0.1) is 11.0 Å². The van der Waals surface area contributed by atoms with Crippen molar-refractivity contribution in [2.45, 2.75) is 51.4 Å². The highest BCUT2D eigenvalue weighted by Crippen LogP contribution is 2.57. The van der Waals surface area contributed by atoms with Crippen LogP contribution in [0.1, 0.15) is 55.5 Å². The minimum atomic E-state index is 0.291. The number of rotatable bonds is 6. The zero-order valence-corrected chi connectivity index (χ0v) is 17.9. The van der Waals surface area contributed by atoms with Gasteiger partial charge in [0.25, 0.3) is 0 Å². The summed E-state index contributed by atoms with van der Waals surface area (Å²) in [5.74, 6) is 5.70. The van der Waals surface area contributed by atoms with Gasteiger partial charge < -0.3 is 10.1 Å². The van der Waals surface area contributed by atoms with Gasteiger partial charge in [0.1, 0.15) is 17.4 Å². The zero-order chi connectivity index (χ0) is 20.9. The first kappa shape index (κ1) is 19.1. The first-order chi connectivity index (χ1) is 15.1. The summed E-state index contributed by atoms with van der Waals surface area (Å²) in [5, 5.41) is 10.0. The van der Waals surface area contributed by atoms with Crippen molar-refractivity contribution in [2.75, 3.05) is 0 Å². The highest BCUT2D eigenvalue weighted by atomic mass is 16.3. The maximum Gasteiger partial charge on any atom is 0.137 e. The second-order valence-corrected chi connectivity index (χ2v) is 10.4. The topological polar surface area (TPSA) is 66.0 Å². The first-order valence-corrected chi connectivity index (χ1v) is 11.9. The summed E-state index contributed by atoms with van der Waals surface area (Å²) in [6.07, 6.45) is 8.83. The van der Waals surface area contributed by atoms with Crippen LogP contribution < -0.4 is 0 Å². The molecule has 2 aromatic carbocycles. The van der Waals surface area contributed by atoms with Crippen molar-refractivity contribution in [3.05, 3.63) is 59.4 Å². The van der Waals surface area contributed by atoms with E-state index in [1.54, 1.807) is 6.07 Å². The van der Waals surface area contributed by atoms with E-state index in [1.807, 2.05) is 30.3 Å². The Kier molecular flexibility index (Phi) is 4.62. The van der Waals surface area contributed by atoms with E-state index in [4.69, 9.17) is 0 Å². The monoisotopic (exact) mass is 414 g/mol. The molecule has 4 heteroatoms. The molecule has 2 N–H and O–H groups in total. The van der Waals surface area contributed by atoms with Gasteiger partial charge >= 0.3 is 0 Å². The molecule has 0 radical (unpaired) electrons. The molecule has 4 nitrogen and oxygen atoms in total. The summed E-state index contributed by atoms with van der Waals surface area (Å²) in [6.45, 7) is 0. The summed E-state index contributed by atoms with van der Waals surface area (Å²) in [5.41, 5.74) is 3.79. The predicted octanol–water partition coefficient (Wildman–Crippen LogP) is 5.43. The van der Waals surface area contributed by atoms with Gasteiger partial charge in [0, 0.05) is 24.8 Å². The average molecular weight is 415 g/mol. The van der Waals surface area contributed by atoms with Crippen molar-refractivity contribution < 1.29 is 9.90 Å². The zero-order valence-electron chi connectivity index (χ0n) is 17.9. The van der Waals surface area contributed by atoms with Crippen LogP contribution in [0.3, 0.4) is 0 Å². The molecule has 1 heterocycles. The van der Waals surface area contributed by atoms with E-state index in [9.17, 15) is 9.90 Å². The Balaban J connectivity index is 1.14. The molecule has 4 fully saturated rings. The molecule has 4 bridgehead atoms. The largest absolute Gasteiger partial charge is 0.508 e. The van der Waals surface area contributed by atoms with Crippen LogP contribution in [-0.4, -0.2) is 20.9 Å². The fourth-order valence-corrected chi connectivity index (χ4v) is 7.08. The Morgan fingerprint density at radius 2 is 1.74 bits per heavy atom. The van der Waals surface area contributed by atoms with Gasteiger partial charge in [-0.2, -0.15) is 0 Å². The van der Waals surface area contributed by atoms with Crippen LogP contribution in [-0.2, 0) is 17.6 Å². The van der Waals surface area contributed by atoms with Gasteiger partial charge in [-0.05, 0) is 85.5 Å². The molecule has 3 aromatic rings. The Morgan fingerprint density at radius 3 is 2.48 bits per heavy atom. The lowest BCUT2D eigenvalue weighted by atomic mass is 9.51. The minimum absolute atomic E-state index is 0.291. The van der Waals surface area contributed by atoms with Gasteiger partial charge in [-0.1, -0.05) is 24.3 Å². The minimum Gasteiger partial charge on any atom is -0.508 e. The molecule has 0 saturated heterocycles. The van der Waals surface area contributed by atoms with Gasteiger partial charge in [-0.3, -0.25) is 4.79 Å². The van der Waals surface area contributed by atoms with Crippen LogP contribution in [0.5, 0.6) is 5.75 Å². The lowest BCUT2D eigenvalue weighted by Gasteiger charge is -2.54. The van der Waals surface area contributed by atoms with E-state index in [-0.39, 0.29) is 0 Å². The van der Waals surface area contributed by atoms with Gasteiger partial charge in [0.15, 0.2) is 0 Å². The lowest BCUT2D eigenvalue weighted by Crippen LogP contribution is -2.45. The highest BCUT2D eigenvalue weighted by molar-refractivity contribution is 5.83. The molecule has 160 valence electrons. The van der Waals surface area contributed by atoms with Crippen LogP contribution in [0, 0.1) is 29.6 Å². The number of imidazole rings is 1. The number of para-hydroxylation sites is 1. The fourth-order valence-electron chi connectivity index (χ4n) is 7.08. The molecule has 7 rings (SSSR count). The number of H-pyrrole nitrogens is 1. The number of hydrogen-bond donors (Lipinski definition) is 2. The number of aromatic hydroxyl groups is 1. The van der Waals surface area contributed by atoms with Crippen molar-refractivity contribution in [1.82, 2.24) is 9.97 Å². The molecule has 0 atom stereocenters. The summed E-state index contributed by atoms with van der Waals surface area (Å²) < 4.78 is 0. The first-order valence-electron chi connectivity index (χ1n) is 11.9. The third-order valence-corrected chi connectivity index (χ3v) is 8.23. The van der Waals surface area contributed by atoms with Crippen molar-refractivity contribution in [2.24, 2.45) is 29.6 Å². The number of fused-ring (bicyclic) bond motifs is 1. The maximum absolute atomic E-state index is 13.0. The lowest BCUT2D eigenvalue weighted by molar-refractivity contribution is -0.123. The van der Waals surface area contributed by atoms with E-state index < -0.39 is 0 Å². The molecule has 1 aromatic heterocycles. The van der Waals surface area contributed by atoms with Crippen LogP contribution in [0.4, 0.5) is 0 Å². The summed E-state index contributed by atoms with van der Waals surface area (Å²) >= 11 is 0. The maximum atomic E-state index is 13.0. The van der Waals surface area contributed by atoms with Gasteiger partial charge in [-0.25, -0.2) is 4.98 Å². The third-order valence-electron chi connectivity index (χ3n) is 8.23. The van der Waals surface area contributed by atoms with Crippen LogP contribution >= 0.6 is 0 Å². The Hall–Kier alpha value is -2.62. The Morgan fingerprint density at radius 1 is 1.00 bits per heavy atom. The number of nitrogens with one attached hydrogen (secondary N) is 1. The molecular weight excluding hydrogens is 384 g/mol. The van der Waals surface area contributed by atoms with Gasteiger partial charge in [0.2, 0.25) is 0 Å².